The summed E-state index contributed by atoms with van der Waals surface area (Å²) in [4.78, 5) is 14.8. The van der Waals surface area contributed by atoms with Gasteiger partial charge in [-0.05, 0) is 24.5 Å². The Balaban J connectivity index is 2.05. The van der Waals surface area contributed by atoms with E-state index in [1.165, 1.54) is 12.8 Å². The second-order valence-electron chi connectivity index (χ2n) is 4.00. The van der Waals surface area contributed by atoms with Crippen molar-refractivity contribution in [2.75, 3.05) is 0 Å². The minimum absolute atomic E-state index is 0.0511. The van der Waals surface area contributed by atoms with E-state index in [2.05, 4.69) is 4.98 Å². The molecule has 4 heteroatoms. The maximum atomic E-state index is 10.5. The van der Waals surface area contributed by atoms with Crippen LogP contribution in [-0.4, -0.2) is 16.1 Å². The quantitative estimate of drug-likeness (QED) is 0.781. The molecule has 1 atom stereocenters. The molecule has 0 saturated heterocycles. The Bertz CT molecular complexity index is 357. The fraction of sp³-hybridized carbons (Fsp3) is 0.455. The zero-order valence-electron chi connectivity index (χ0n) is 8.39. The number of carboxylic acids is 1. The summed E-state index contributed by atoms with van der Waals surface area (Å²) in [6.07, 6.45) is 4.08. The molecule has 1 saturated carbocycles. The molecule has 80 valence electrons. The van der Waals surface area contributed by atoms with E-state index in [4.69, 9.17) is 10.8 Å². The molecule has 1 heterocycles. The van der Waals surface area contributed by atoms with Crippen LogP contribution in [0.1, 0.15) is 42.5 Å². The van der Waals surface area contributed by atoms with E-state index in [0.29, 0.717) is 5.92 Å². The second kappa shape index (κ2) is 3.98. The lowest BCUT2D eigenvalue weighted by molar-refractivity contribution is -0.137. The Hall–Kier alpha value is -1.42. The molecule has 1 aliphatic rings. The Morgan fingerprint density at radius 3 is 2.80 bits per heavy atom. The molecule has 0 spiro atoms. The van der Waals surface area contributed by atoms with Crippen LogP contribution in [0.3, 0.4) is 0 Å². The molecule has 1 aromatic heterocycles. The number of carbonyl (C=O) groups is 1. The molecule has 3 N–H and O–H groups in total. The van der Waals surface area contributed by atoms with Crippen molar-refractivity contribution >= 4 is 5.97 Å². The Morgan fingerprint density at radius 1 is 1.60 bits per heavy atom. The summed E-state index contributed by atoms with van der Waals surface area (Å²) in [6, 6.07) is 3.38. The Kier molecular flexibility index (Phi) is 2.68. The van der Waals surface area contributed by atoms with E-state index in [0.717, 1.165) is 11.3 Å². The van der Waals surface area contributed by atoms with Crippen molar-refractivity contribution in [2.24, 2.45) is 5.73 Å². The molecule has 0 aliphatic heterocycles. The van der Waals surface area contributed by atoms with Crippen LogP contribution in [-0.2, 0) is 4.79 Å². The maximum absolute atomic E-state index is 10.5. The lowest BCUT2D eigenvalue weighted by atomic mass is 10.1. The van der Waals surface area contributed by atoms with Crippen molar-refractivity contribution in [2.45, 2.75) is 31.2 Å². The number of nitrogens with zero attached hydrogens (tertiary/aromatic N) is 1. The van der Waals surface area contributed by atoms with Crippen molar-refractivity contribution in [3.63, 3.8) is 0 Å². The van der Waals surface area contributed by atoms with Gasteiger partial charge >= 0.3 is 5.97 Å². The third-order valence-corrected chi connectivity index (χ3v) is 2.63. The summed E-state index contributed by atoms with van der Waals surface area (Å²) in [7, 11) is 0. The maximum Gasteiger partial charge on any atom is 0.305 e. The van der Waals surface area contributed by atoms with Gasteiger partial charge in [0.15, 0.2) is 0 Å². The van der Waals surface area contributed by atoms with E-state index < -0.39 is 12.0 Å². The van der Waals surface area contributed by atoms with Crippen LogP contribution in [0.4, 0.5) is 0 Å². The van der Waals surface area contributed by atoms with Gasteiger partial charge in [0, 0.05) is 23.9 Å². The fourth-order valence-corrected chi connectivity index (χ4v) is 1.56. The number of aliphatic carboxylic acids is 1. The first-order chi connectivity index (χ1) is 7.16. The molecule has 1 aliphatic carbocycles. The third-order valence-electron chi connectivity index (χ3n) is 2.63. The van der Waals surface area contributed by atoms with Crippen molar-refractivity contribution in [3.8, 4) is 0 Å². The van der Waals surface area contributed by atoms with E-state index in [9.17, 15) is 4.79 Å². The van der Waals surface area contributed by atoms with Crippen molar-refractivity contribution in [1.82, 2.24) is 4.98 Å². The van der Waals surface area contributed by atoms with Crippen LogP contribution < -0.4 is 5.73 Å². The van der Waals surface area contributed by atoms with Crippen LogP contribution in [0.5, 0.6) is 0 Å². The predicted octanol–water partition coefficient (Wildman–Crippen LogP) is 1.43. The van der Waals surface area contributed by atoms with Crippen LogP contribution in [0.15, 0.2) is 18.3 Å². The standard InChI is InChI=1S/C11H14N2O2/c12-9(5-11(14)15)8-3-4-10(13-6-8)7-1-2-7/h3-4,6-7,9H,1-2,5,12H2,(H,14,15). The SMILES string of the molecule is NC(CC(=O)O)c1ccc(C2CC2)nc1. The van der Waals surface area contributed by atoms with Gasteiger partial charge in [0.1, 0.15) is 0 Å². The highest BCUT2D eigenvalue weighted by molar-refractivity contribution is 5.67. The third kappa shape index (κ3) is 2.53. The molecule has 15 heavy (non-hydrogen) atoms. The second-order valence-corrected chi connectivity index (χ2v) is 4.00. The van der Waals surface area contributed by atoms with Crippen LogP contribution in [0.25, 0.3) is 0 Å². The normalized spacial score (nSPS) is 17.4. The highest BCUT2D eigenvalue weighted by Crippen LogP contribution is 2.38. The summed E-state index contributed by atoms with van der Waals surface area (Å²) >= 11 is 0. The van der Waals surface area contributed by atoms with Gasteiger partial charge in [0.25, 0.3) is 0 Å². The van der Waals surface area contributed by atoms with Crippen molar-refractivity contribution < 1.29 is 9.90 Å². The number of nitrogens with two attached hydrogens (primary N) is 1. The molecule has 0 amide bonds. The van der Waals surface area contributed by atoms with E-state index in [-0.39, 0.29) is 6.42 Å². The summed E-state index contributed by atoms with van der Waals surface area (Å²) < 4.78 is 0. The average molecular weight is 206 g/mol. The number of pyridine rings is 1. The zero-order valence-corrected chi connectivity index (χ0v) is 8.39. The molecule has 0 radical (unpaired) electrons. The first kappa shape index (κ1) is 10.1. The number of rotatable bonds is 4. The van der Waals surface area contributed by atoms with E-state index in [1.54, 1.807) is 6.20 Å². The Labute approximate surface area is 88.1 Å². The lowest BCUT2D eigenvalue weighted by Gasteiger charge is -2.09. The molecule has 1 fully saturated rings. The molecule has 4 nitrogen and oxygen atoms in total. The first-order valence-electron chi connectivity index (χ1n) is 5.10. The number of carboxylic acid groups (broad SMARTS) is 1. The smallest absolute Gasteiger partial charge is 0.305 e. The zero-order chi connectivity index (χ0) is 10.8. The summed E-state index contributed by atoms with van der Waals surface area (Å²) in [5.41, 5.74) is 7.61. The highest BCUT2D eigenvalue weighted by atomic mass is 16.4. The monoisotopic (exact) mass is 206 g/mol. The van der Waals surface area contributed by atoms with Gasteiger partial charge in [-0.15, -0.1) is 0 Å². The topological polar surface area (TPSA) is 76.2 Å². The van der Waals surface area contributed by atoms with E-state index >= 15 is 0 Å². The highest BCUT2D eigenvalue weighted by Gasteiger charge is 2.24. The van der Waals surface area contributed by atoms with Gasteiger partial charge in [-0.25, -0.2) is 0 Å². The largest absolute Gasteiger partial charge is 0.481 e. The fourth-order valence-electron chi connectivity index (χ4n) is 1.56. The van der Waals surface area contributed by atoms with Gasteiger partial charge in [0.05, 0.1) is 6.42 Å². The van der Waals surface area contributed by atoms with Gasteiger partial charge in [-0.3, -0.25) is 9.78 Å². The number of hydrogen-bond donors (Lipinski definition) is 2. The van der Waals surface area contributed by atoms with Crippen LogP contribution in [0.2, 0.25) is 0 Å². The minimum Gasteiger partial charge on any atom is -0.481 e. The summed E-state index contributed by atoms with van der Waals surface area (Å²) in [5.74, 6) is -0.261. The van der Waals surface area contributed by atoms with Gasteiger partial charge in [0.2, 0.25) is 0 Å². The van der Waals surface area contributed by atoms with Gasteiger partial charge < -0.3 is 10.8 Å². The average Bonchev–Trinajstić information content (AvgIpc) is 3.00. The van der Waals surface area contributed by atoms with Gasteiger partial charge in [-0.1, -0.05) is 6.07 Å². The summed E-state index contributed by atoms with van der Waals surface area (Å²) in [6.45, 7) is 0. The molecule has 0 aromatic carbocycles. The van der Waals surface area contributed by atoms with Crippen LogP contribution in [0, 0.1) is 0 Å². The Morgan fingerprint density at radius 2 is 2.33 bits per heavy atom. The molecular weight excluding hydrogens is 192 g/mol. The molecule has 0 bridgehead atoms. The molecular formula is C11H14N2O2. The van der Waals surface area contributed by atoms with Crippen LogP contribution >= 0.6 is 0 Å². The number of hydrogen-bond acceptors (Lipinski definition) is 3. The minimum atomic E-state index is -0.881. The van der Waals surface area contributed by atoms with Crippen molar-refractivity contribution in [3.05, 3.63) is 29.6 Å². The number of aromatic nitrogens is 1. The molecule has 2 rings (SSSR count). The summed E-state index contributed by atoms with van der Waals surface area (Å²) in [5, 5.41) is 8.60. The van der Waals surface area contributed by atoms with E-state index in [1.807, 2.05) is 12.1 Å². The molecule has 1 aromatic rings. The van der Waals surface area contributed by atoms with Crippen molar-refractivity contribution in [1.29, 1.82) is 0 Å². The molecule has 1 unspecified atom stereocenters. The predicted molar refractivity (Wildman–Crippen MR) is 55.4 cm³/mol. The van der Waals surface area contributed by atoms with Gasteiger partial charge in [-0.2, -0.15) is 0 Å². The lowest BCUT2D eigenvalue weighted by Crippen LogP contribution is -2.15. The first-order valence-corrected chi connectivity index (χ1v) is 5.10.